The van der Waals surface area contributed by atoms with Crippen LogP contribution in [0.1, 0.15) is 41.7 Å². The van der Waals surface area contributed by atoms with Crippen molar-refractivity contribution < 1.29 is 13.2 Å². The Kier molecular flexibility index (Phi) is 5.65. The molecule has 1 atom stereocenters. The maximum Gasteiger partial charge on any atom is 0.251 e. The van der Waals surface area contributed by atoms with Crippen LogP contribution >= 0.6 is 11.6 Å². The summed E-state index contributed by atoms with van der Waals surface area (Å²) >= 11 is 6.16. The zero-order valence-electron chi connectivity index (χ0n) is 14.4. The minimum atomic E-state index is -3.61. The van der Waals surface area contributed by atoms with Gasteiger partial charge in [0.25, 0.3) is 5.91 Å². The molecule has 0 spiro atoms. The highest BCUT2D eigenvalue weighted by Crippen LogP contribution is 2.28. The van der Waals surface area contributed by atoms with Gasteiger partial charge in [-0.05, 0) is 55.5 Å². The van der Waals surface area contributed by atoms with E-state index < -0.39 is 10.0 Å². The summed E-state index contributed by atoms with van der Waals surface area (Å²) in [5.41, 5.74) is 1.09. The average Bonchev–Trinajstić information content (AvgIpc) is 3.45. The fourth-order valence-electron chi connectivity index (χ4n) is 2.62. The molecule has 7 heteroatoms. The Bertz CT molecular complexity index is 911. The zero-order chi connectivity index (χ0) is 18.7. The van der Waals surface area contributed by atoms with E-state index in [-0.39, 0.29) is 16.8 Å². The molecule has 2 aromatic carbocycles. The molecule has 0 heterocycles. The first kappa shape index (κ1) is 18.9. The van der Waals surface area contributed by atoms with Crippen molar-refractivity contribution in [1.29, 1.82) is 0 Å². The van der Waals surface area contributed by atoms with Gasteiger partial charge in [0.1, 0.15) is 0 Å². The van der Waals surface area contributed by atoms with Crippen LogP contribution in [0, 0.1) is 5.92 Å². The molecule has 1 unspecified atom stereocenters. The Hall–Kier alpha value is -1.89. The van der Waals surface area contributed by atoms with Crippen molar-refractivity contribution in [2.75, 3.05) is 6.54 Å². The number of sulfonamides is 1. The fourth-order valence-corrected chi connectivity index (χ4v) is 4.08. The van der Waals surface area contributed by atoms with E-state index in [1.807, 2.05) is 25.1 Å². The highest BCUT2D eigenvalue weighted by molar-refractivity contribution is 7.89. The van der Waals surface area contributed by atoms with Crippen LogP contribution in [0.3, 0.4) is 0 Å². The number of carbonyl (C=O) groups excluding carboxylic acids is 1. The molecule has 0 radical (unpaired) electrons. The SMILES string of the molecule is CC(NC(=O)c1cccc(S(=O)(=O)NCC2CC2)c1)c1ccccc1Cl. The zero-order valence-corrected chi connectivity index (χ0v) is 16.0. The minimum absolute atomic E-state index is 0.0937. The molecule has 26 heavy (non-hydrogen) atoms. The minimum Gasteiger partial charge on any atom is -0.345 e. The van der Waals surface area contributed by atoms with Gasteiger partial charge in [-0.15, -0.1) is 0 Å². The van der Waals surface area contributed by atoms with Gasteiger partial charge in [-0.3, -0.25) is 4.79 Å². The molecule has 1 fully saturated rings. The molecule has 5 nitrogen and oxygen atoms in total. The second kappa shape index (κ2) is 7.78. The van der Waals surface area contributed by atoms with E-state index in [9.17, 15) is 13.2 Å². The second-order valence-electron chi connectivity index (χ2n) is 6.54. The highest BCUT2D eigenvalue weighted by atomic mass is 35.5. The molecule has 3 rings (SSSR count). The fraction of sp³-hybridized carbons (Fsp3) is 0.316. The quantitative estimate of drug-likeness (QED) is 0.756. The van der Waals surface area contributed by atoms with Gasteiger partial charge in [-0.2, -0.15) is 0 Å². The smallest absolute Gasteiger partial charge is 0.251 e. The van der Waals surface area contributed by atoms with Crippen molar-refractivity contribution in [2.24, 2.45) is 5.92 Å². The van der Waals surface area contributed by atoms with Crippen LogP contribution in [0.15, 0.2) is 53.4 Å². The van der Waals surface area contributed by atoms with E-state index >= 15 is 0 Å². The van der Waals surface area contributed by atoms with Crippen LogP contribution in [0.2, 0.25) is 5.02 Å². The van der Waals surface area contributed by atoms with Crippen molar-refractivity contribution in [3.05, 3.63) is 64.7 Å². The molecule has 2 aromatic rings. The van der Waals surface area contributed by atoms with Crippen molar-refractivity contribution in [1.82, 2.24) is 10.0 Å². The standard InChI is InChI=1S/C19H21ClN2O3S/c1-13(17-7-2-3-8-18(17)20)22-19(23)15-5-4-6-16(11-15)26(24,25)21-12-14-9-10-14/h2-8,11,13-14,21H,9-10,12H2,1H3,(H,22,23). The van der Waals surface area contributed by atoms with Crippen molar-refractivity contribution in [3.63, 3.8) is 0 Å². The topological polar surface area (TPSA) is 75.3 Å². The molecule has 1 aliphatic rings. The largest absolute Gasteiger partial charge is 0.345 e. The lowest BCUT2D eigenvalue weighted by atomic mass is 10.1. The third kappa shape index (κ3) is 4.63. The molecule has 1 aliphatic carbocycles. The predicted octanol–water partition coefficient (Wildman–Crippen LogP) is 3.52. The van der Waals surface area contributed by atoms with E-state index in [0.717, 1.165) is 18.4 Å². The van der Waals surface area contributed by atoms with Crippen LogP contribution in [-0.2, 0) is 10.0 Å². The first-order valence-corrected chi connectivity index (χ1v) is 10.4. The summed E-state index contributed by atoms with van der Waals surface area (Å²) in [5.74, 6) is 0.0874. The third-order valence-electron chi connectivity index (χ3n) is 4.38. The Morgan fingerprint density at radius 3 is 2.62 bits per heavy atom. The lowest BCUT2D eigenvalue weighted by Gasteiger charge is -2.16. The summed E-state index contributed by atoms with van der Waals surface area (Å²) in [6.45, 7) is 2.28. The molecule has 1 amide bonds. The number of carbonyl (C=O) groups is 1. The molecular weight excluding hydrogens is 372 g/mol. The monoisotopic (exact) mass is 392 g/mol. The first-order valence-electron chi connectivity index (χ1n) is 8.52. The summed E-state index contributed by atoms with van der Waals surface area (Å²) in [7, 11) is -3.61. The van der Waals surface area contributed by atoms with Gasteiger partial charge in [0.15, 0.2) is 0 Å². The Balaban J connectivity index is 1.72. The second-order valence-corrected chi connectivity index (χ2v) is 8.71. The van der Waals surface area contributed by atoms with E-state index in [2.05, 4.69) is 10.0 Å². The number of hydrogen-bond donors (Lipinski definition) is 2. The van der Waals surface area contributed by atoms with Crippen LogP contribution < -0.4 is 10.0 Å². The molecule has 0 aliphatic heterocycles. The maximum absolute atomic E-state index is 12.5. The Morgan fingerprint density at radius 2 is 1.92 bits per heavy atom. The van der Waals surface area contributed by atoms with Gasteiger partial charge in [0, 0.05) is 17.1 Å². The number of rotatable bonds is 7. The van der Waals surface area contributed by atoms with Crippen LogP contribution in [0.5, 0.6) is 0 Å². The molecule has 0 bridgehead atoms. The van der Waals surface area contributed by atoms with Gasteiger partial charge in [-0.25, -0.2) is 13.1 Å². The number of amides is 1. The molecule has 2 N–H and O–H groups in total. The summed E-state index contributed by atoms with van der Waals surface area (Å²) in [5, 5.41) is 3.42. The average molecular weight is 393 g/mol. The summed E-state index contributed by atoms with van der Waals surface area (Å²) in [6, 6.07) is 13.0. The van der Waals surface area contributed by atoms with Crippen molar-refractivity contribution in [3.8, 4) is 0 Å². The Morgan fingerprint density at radius 1 is 1.19 bits per heavy atom. The molecule has 1 saturated carbocycles. The van der Waals surface area contributed by atoms with Gasteiger partial charge >= 0.3 is 0 Å². The number of benzene rings is 2. The van der Waals surface area contributed by atoms with Gasteiger partial charge < -0.3 is 5.32 Å². The maximum atomic E-state index is 12.5. The molecule has 0 aromatic heterocycles. The molecule has 138 valence electrons. The number of hydrogen-bond acceptors (Lipinski definition) is 3. The molecule has 0 saturated heterocycles. The van der Waals surface area contributed by atoms with Crippen LogP contribution in [0.4, 0.5) is 0 Å². The normalized spacial score (nSPS) is 15.5. The number of nitrogens with one attached hydrogen (secondary N) is 2. The lowest BCUT2D eigenvalue weighted by Crippen LogP contribution is -2.28. The lowest BCUT2D eigenvalue weighted by molar-refractivity contribution is 0.0939. The summed E-state index contributed by atoms with van der Waals surface area (Å²) in [4.78, 5) is 12.6. The number of halogens is 1. The van der Waals surface area contributed by atoms with Gasteiger partial charge in [0.2, 0.25) is 10.0 Å². The summed E-state index contributed by atoms with van der Waals surface area (Å²) in [6.07, 6.45) is 2.12. The van der Waals surface area contributed by atoms with E-state index in [1.54, 1.807) is 18.2 Å². The third-order valence-corrected chi connectivity index (χ3v) is 6.15. The van der Waals surface area contributed by atoms with Crippen molar-refractivity contribution >= 4 is 27.5 Å². The van der Waals surface area contributed by atoms with E-state index in [1.165, 1.54) is 12.1 Å². The van der Waals surface area contributed by atoms with Crippen molar-refractivity contribution in [2.45, 2.75) is 30.7 Å². The highest BCUT2D eigenvalue weighted by Gasteiger charge is 2.24. The van der Waals surface area contributed by atoms with Crippen LogP contribution in [-0.4, -0.2) is 20.9 Å². The van der Waals surface area contributed by atoms with E-state index in [0.29, 0.717) is 23.0 Å². The Labute approximate surface area is 158 Å². The van der Waals surface area contributed by atoms with Gasteiger partial charge in [-0.1, -0.05) is 35.9 Å². The summed E-state index contributed by atoms with van der Waals surface area (Å²) < 4.78 is 27.3. The first-order chi connectivity index (χ1) is 12.4. The predicted molar refractivity (Wildman–Crippen MR) is 102 cm³/mol. The van der Waals surface area contributed by atoms with Gasteiger partial charge in [0.05, 0.1) is 10.9 Å². The van der Waals surface area contributed by atoms with Crippen LogP contribution in [0.25, 0.3) is 0 Å². The molecular formula is C19H21ClN2O3S. The van der Waals surface area contributed by atoms with E-state index in [4.69, 9.17) is 11.6 Å².